The van der Waals surface area contributed by atoms with Crippen molar-refractivity contribution >= 4 is 39.1 Å². The Morgan fingerprint density at radius 2 is 2.13 bits per heavy atom. The molecule has 6 nitrogen and oxygen atoms in total. The Kier molecular flexibility index (Phi) is 4.72. The lowest BCUT2D eigenvalue weighted by Crippen LogP contribution is -2.26. The molecule has 1 aromatic carbocycles. The summed E-state index contributed by atoms with van der Waals surface area (Å²) in [7, 11) is 0. The van der Waals surface area contributed by atoms with Crippen molar-refractivity contribution in [1.29, 1.82) is 0 Å². The van der Waals surface area contributed by atoms with Crippen LogP contribution in [0.4, 0.5) is 0 Å². The van der Waals surface area contributed by atoms with E-state index in [9.17, 15) is 9.59 Å². The number of rotatable bonds is 5. The molecule has 1 N–H and O–H groups in total. The molecule has 5 rings (SSSR count). The van der Waals surface area contributed by atoms with Gasteiger partial charge in [0, 0.05) is 16.3 Å². The molecule has 1 aliphatic rings. The molecule has 30 heavy (non-hydrogen) atoms. The van der Waals surface area contributed by atoms with E-state index in [0.29, 0.717) is 28.4 Å². The number of aryl methyl sites for hydroxylation is 2. The van der Waals surface area contributed by atoms with Crippen molar-refractivity contribution in [3.05, 3.63) is 85.1 Å². The highest BCUT2D eigenvalue weighted by atomic mass is 35.5. The maximum atomic E-state index is 13.5. The smallest absolute Gasteiger partial charge is 0.371 e. The first-order valence-electron chi connectivity index (χ1n) is 9.60. The zero-order chi connectivity index (χ0) is 20.8. The van der Waals surface area contributed by atoms with Gasteiger partial charge in [0.05, 0.1) is 11.9 Å². The van der Waals surface area contributed by atoms with E-state index in [2.05, 4.69) is 0 Å². The highest BCUT2D eigenvalue weighted by Gasteiger charge is 2.24. The van der Waals surface area contributed by atoms with Crippen LogP contribution < -0.4 is 5.56 Å². The fourth-order valence-corrected chi connectivity index (χ4v) is 5.46. The number of nitrogens with zero attached hydrogens (tertiary/aromatic N) is 2. The molecule has 0 aliphatic heterocycles. The summed E-state index contributed by atoms with van der Waals surface area (Å²) in [5.41, 5.74) is 1.95. The number of hydrogen-bond donors (Lipinski definition) is 1. The van der Waals surface area contributed by atoms with Crippen LogP contribution in [0.2, 0.25) is 5.02 Å². The van der Waals surface area contributed by atoms with Gasteiger partial charge in [-0.2, -0.15) is 0 Å². The van der Waals surface area contributed by atoms with Gasteiger partial charge >= 0.3 is 5.97 Å². The lowest BCUT2D eigenvalue weighted by atomic mass is 10.1. The van der Waals surface area contributed by atoms with E-state index in [4.69, 9.17) is 26.1 Å². The molecule has 0 saturated heterocycles. The predicted molar refractivity (Wildman–Crippen MR) is 115 cm³/mol. The molecule has 0 saturated carbocycles. The Morgan fingerprint density at radius 3 is 2.90 bits per heavy atom. The van der Waals surface area contributed by atoms with Crippen molar-refractivity contribution in [2.24, 2.45) is 0 Å². The molecule has 0 atom stereocenters. The van der Waals surface area contributed by atoms with Gasteiger partial charge in [0.1, 0.15) is 16.4 Å². The molecule has 0 unspecified atom stereocenters. The minimum atomic E-state index is -1.14. The van der Waals surface area contributed by atoms with Crippen molar-refractivity contribution < 1.29 is 14.3 Å². The van der Waals surface area contributed by atoms with E-state index >= 15 is 0 Å². The summed E-state index contributed by atoms with van der Waals surface area (Å²) in [4.78, 5) is 31.5. The first-order valence-corrected chi connectivity index (χ1v) is 10.8. The lowest BCUT2D eigenvalue weighted by Gasteiger charge is -2.12. The highest BCUT2D eigenvalue weighted by molar-refractivity contribution is 7.18. The monoisotopic (exact) mass is 440 g/mol. The molecular formula is C22H17ClN2O4S. The SMILES string of the molecule is O=C(O)c1ccc(Cn2c(Cc3cccc(Cl)c3)nc3sc4c(c3c2=O)CCC4)o1. The normalized spacial score (nSPS) is 13.1. The summed E-state index contributed by atoms with van der Waals surface area (Å²) in [6, 6.07) is 10.4. The van der Waals surface area contributed by atoms with Crippen LogP contribution in [0, 0.1) is 0 Å². The second kappa shape index (κ2) is 7.41. The number of furan rings is 1. The van der Waals surface area contributed by atoms with E-state index in [-0.39, 0.29) is 17.9 Å². The molecule has 152 valence electrons. The van der Waals surface area contributed by atoms with Gasteiger partial charge in [-0.05, 0) is 54.7 Å². The maximum absolute atomic E-state index is 13.5. The topological polar surface area (TPSA) is 85.3 Å². The molecule has 0 amide bonds. The minimum absolute atomic E-state index is 0.107. The number of halogens is 1. The number of carboxylic acids is 1. The van der Waals surface area contributed by atoms with Crippen LogP contribution >= 0.6 is 22.9 Å². The van der Waals surface area contributed by atoms with Gasteiger partial charge in [-0.3, -0.25) is 9.36 Å². The third-order valence-electron chi connectivity index (χ3n) is 5.34. The Hall–Kier alpha value is -2.90. The van der Waals surface area contributed by atoms with Crippen LogP contribution in [0.5, 0.6) is 0 Å². The van der Waals surface area contributed by atoms with Crippen LogP contribution in [0.15, 0.2) is 45.6 Å². The van der Waals surface area contributed by atoms with E-state index in [0.717, 1.165) is 35.2 Å². The maximum Gasteiger partial charge on any atom is 0.371 e. The summed E-state index contributed by atoms with van der Waals surface area (Å²) in [5.74, 6) is -0.297. The second-order valence-electron chi connectivity index (χ2n) is 7.33. The van der Waals surface area contributed by atoms with Gasteiger partial charge in [0.25, 0.3) is 5.56 Å². The summed E-state index contributed by atoms with van der Waals surface area (Å²) in [6.45, 7) is 0.121. The van der Waals surface area contributed by atoms with Crippen molar-refractivity contribution in [3.8, 4) is 0 Å². The zero-order valence-electron chi connectivity index (χ0n) is 15.9. The molecule has 3 aromatic heterocycles. The number of fused-ring (bicyclic) bond motifs is 3. The van der Waals surface area contributed by atoms with Crippen molar-refractivity contribution in [3.63, 3.8) is 0 Å². The highest BCUT2D eigenvalue weighted by Crippen LogP contribution is 2.35. The third kappa shape index (κ3) is 3.34. The van der Waals surface area contributed by atoms with Gasteiger partial charge in [-0.1, -0.05) is 23.7 Å². The number of carboxylic acid groups (broad SMARTS) is 1. The van der Waals surface area contributed by atoms with Gasteiger partial charge in [-0.25, -0.2) is 9.78 Å². The van der Waals surface area contributed by atoms with E-state index in [1.54, 1.807) is 28.0 Å². The van der Waals surface area contributed by atoms with E-state index < -0.39 is 5.97 Å². The lowest BCUT2D eigenvalue weighted by molar-refractivity contribution is 0.0660. The quantitative estimate of drug-likeness (QED) is 0.492. The number of hydrogen-bond acceptors (Lipinski definition) is 5. The standard InChI is InChI=1S/C22H17ClN2O4S/c23-13-4-1-3-12(9-13)10-18-24-20-19(15-5-2-6-17(15)30-20)21(26)25(18)11-14-7-8-16(29-14)22(27)28/h1,3-4,7-9H,2,5-6,10-11H2,(H,27,28). The molecule has 1 aliphatic carbocycles. The first kappa shape index (κ1) is 19.1. The van der Waals surface area contributed by atoms with Gasteiger partial charge in [-0.15, -0.1) is 11.3 Å². The summed E-state index contributed by atoms with van der Waals surface area (Å²) in [5, 5.41) is 10.4. The van der Waals surface area contributed by atoms with Crippen LogP contribution in [0.1, 0.15) is 44.6 Å². The first-order chi connectivity index (χ1) is 14.5. The molecule has 4 aromatic rings. The molecular weight excluding hydrogens is 424 g/mol. The number of benzene rings is 1. The number of aromatic nitrogens is 2. The average molecular weight is 441 g/mol. The van der Waals surface area contributed by atoms with Gasteiger partial charge in [0.2, 0.25) is 5.76 Å². The molecule has 3 heterocycles. The summed E-state index contributed by atoms with van der Waals surface area (Å²) >= 11 is 7.73. The van der Waals surface area contributed by atoms with Crippen LogP contribution in [-0.4, -0.2) is 20.6 Å². The number of aromatic carboxylic acids is 1. The van der Waals surface area contributed by atoms with Crippen LogP contribution in [-0.2, 0) is 25.8 Å². The molecule has 0 fully saturated rings. The molecule has 0 bridgehead atoms. The Labute approximate surface area is 180 Å². The second-order valence-corrected chi connectivity index (χ2v) is 8.85. The summed E-state index contributed by atoms with van der Waals surface area (Å²) in [6.07, 6.45) is 3.37. The van der Waals surface area contributed by atoms with Gasteiger partial charge < -0.3 is 9.52 Å². The molecule has 0 radical (unpaired) electrons. The van der Waals surface area contributed by atoms with Crippen molar-refractivity contribution in [2.45, 2.75) is 32.2 Å². The summed E-state index contributed by atoms with van der Waals surface area (Å²) < 4.78 is 7.01. The third-order valence-corrected chi connectivity index (χ3v) is 6.76. The van der Waals surface area contributed by atoms with E-state index in [1.165, 1.54) is 10.9 Å². The van der Waals surface area contributed by atoms with Crippen molar-refractivity contribution in [2.75, 3.05) is 0 Å². The number of thiophene rings is 1. The van der Waals surface area contributed by atoms with Gasteiger partial charge in [0.15, 0.2) is 0 Å². The number of carbonyl (C=O) groups is 1. The minimum Gasteiger partial charge on any atom is -0.475 e. The fourth-order valence-electron chi connectivity index (χ4n) is 3.98. The zero-order valence-corrected chi connectivity index (χ0v) is 17.4. The Bertz CT molecular complexity index is 1350. The predicted octanol–water partition coefficient (Wildman–Crippen LogP) is 4.53. The average Bonchev–Trinajstić information content (AvgIpc) is 3.40. The van der Waals surface area contributed by atoms with Crippen LogP contribution in [0.3, 0.4) is 0 Å². The largest absolute Gasteiger partial charge is 0.475 e. The van der Waals surface area contributed by atoms with E-state index in [1.807, 2.05) is 18.2 Å². The fraction of sp³-hybridized carbons (Fsp3) is 0.227. The van der Waals surface area contributed by atoms with Crippen LogP contribution in [0.25, 0.3) is 10.2 Å². The Balaban J connectivity index is 1.65. The van der Waals surface area contributed by atoms with Crippen molar-refractivity contribution in [1.82, 2.24) is 9.55 Å². The Morgan fingerprint density at radius 1 is 1.27 bits per heavy atom. The molecule has 0 spiro atoms. The molecule has 8 heteroatoms.